The van der Waals surface area contributed by atoms with E-state index in [2.05, 4.69) is 39.5 Å². The van der Waals surface area contributed by atoms with Gasteiger partial charge in [0, 0.05) is 22.8 Å². The van der Waals surface area contributed by atoms with Gasteiger partial charge < -0.3 is 5.32 Å². The Labute approximate surface area is 86.5 Å². The maximum absolute atomic E-state index is 3.80. The second-order valence-electron chi connectivity index (χ2n) is 2.54. The molecule has 2 nitrogen and oxygen atoms in total. The summed E-state index contributed by atoms with van der Waals surface area (Å²) in [6, 6.07) is 5.89. The van der Waals surface area contributed by atoms with Gasteiger partial charge in [0.2, 0.25) is 0 Å². The van der Waals surface area contributed by atoms with Crippen molar-refractivity contribution in [2.75, 3.05) is 12.4 Å². The van der Waals surface area contributed by atoms with Crippen LogP contribution in [0.25, 0.3) is 5.70 Å². The molecule has 3 heteroatoms. The van der Waals surface area contributed by atoms with Crippen molar-refractivity contribution >= 4 is 34.0 Å². The van der Waals surface area contributed by atoms with E-state index in [0.29, 0.717) is 5.70 Å². The summed E-state index contributed by atoms with van der Waals surface area (Å²) in [5.74, 6) is 0. The van der Waals surface area contributed by atoms with Crippen LogP contribution in [0.2, 0.25) is 0 Å². The summed E-state index contributed by atoms with van der Waals surface area (Å²) in [5.41, 5.74) is 2.64. The zero-order valence-corrected chi connectivity index (χ0v) is 9.06. The number of nitrogens with one attached hydrogen (secondary N) is 1. The molecule has 0 aliphatic rings. The van der Waals surface area contributed by atoms with Gasteiger partial charge >= 0.3 is 0 Å². The second-order valence-corrected chi connectivity index (χ2v) is 3.46. The quantitative estimate of drug-likeness (QED) is 0.805. The number of benzene rings is 1. The molecule has 0 amide bonds. The topological polar surface area (TPSA) is 24.4 Å². The molecule has 0 aliphatic carbocycles. The van der Waals surface area contributed by atoms with Gasteiger partial charge in [0.1, 0.15) is 0 Å². The molecule has 0 spiro atoms. The molecule has 13 heavy (non-hydrogen) atoms. The first-order chi connectivity index (χ1) is 6.19. The van der Waals surface area contributed by atoms with E-state index >= 15 is 0 Å². The van der Waals surface area contributed by atoms with Crippen molar-refractivity contribution in [1.82, 2.24) is 0 Å². The fourth-order valence-corrected chi connectivity index (χ4v) is 1.42. The molecule has 1 N–H and O–H groups in total. The van der Waals surface area contributed by atoms with Crippen molar-refractivity contribution < 1.29 is 0 Å². The van der Waals surface area contributed by atoms with Gasteiger partial charge in [0.05, 0.1) is 5.70 Å². The second kappa shape index (κ2) is 4.23. The molecule has 0 aromatic heterocycles. The zero-order valence-electron chi connectivity index (χ0n) is 7.47. The molecule has 0 radical (unpaired) electrons. The molecular formula is C10H11BrN2. The van der Waals surface area contributed by atoms with Gasteiger partial charge in [0.15, 0.2) is 0 Å². The molecule has 0 saturated carbocycles. The minimum absolute atomic E-state index is 0.672. The van der Waals surface area contributed by atoms with E-state index in [-0.39, 0.29) is 0 Å². The Hall–Kier alpha value is -1.09. The molecule has 0 heterocycles. The highest BCUT2D eigenvalue weighted by molar-refractivity contribution is 9.10. The minimum Gasteiger partial charge on any atom is -0.388 e. The van der Waals surface area contributed by atoms with Crippen LogP contribution in [0.15, 0.2) is 34.2 Å². The number of hydrogen-bond acceptors (Lipinski definition) is 2. The Morgan fingerprint density at radius 2 is 2.23 bits per heavy atom. The predicted molar refractivity (Wildman–Crippen MR) is 62.3 cm³/mol. The summed E-state index contributed by atoms with van der Waals surface area (Å²) in [7, 11) is 1.86. The summed E-state index contributed by atoms with van der Waals surface area (Å²) in [6.45, 7) is 7.25. The summed E-state index contributed by atoms with van der Waals surface area (Å²) >= 11 is 3.39. The predicted octanol–water partition coefficient (Wildman–Crippen LogP) is 3.16. The first-order valence-electron chi connectivity index (χ1n) is 3.82. The van der Waals surface area contributed by atoms with Crippen molar-refractivity contribution in [3.8, 4) is 0 Å². The fraction of sp³-hybridized carbons (Fsp3) is 0.100. The smallest absolute Gasteiger partial charge is 0.0644 e. The van der Waals surface area contributed by atoms with E-state index in [1.807, 2.05) is 25.2 Å². The van der Waals surface area contributed by atoms with E-state index in [0.717, 1.165) is 15.7 Å². The van der Waals surface area contributed by atoms with Crippen LogP contribution in [-0.4, -0.2) is 13.8 Å². The Bertz CT molecular complexity index is 345. The largest absolute Gasteiger partial charge is 0.388 e. The van der Waals surface area contributed by atoms with E-state index < -0.39 is 0 Å². The third-order valence-corrected chi connectivity index (χ3v) is 2.25. The van der Waals surface area contributed by atoms with E-state index in [1.54, 1.807) is 0 Å². The monoisotopic (exact) mass is 238 g/mol. The van der Waals surface area contributed by atoms with Crippen LogP contribution in [0, 0.1) is 0 Å². The van der Waals surface area contributed by atoms with Crippen LogP contribution in [0.1, 0.15) is 5.56 Å². The lowest BCUT2D eigenvalue weighted by molar-refractivity contribution is 1.44. The molecule has 68 valence electrons. The first-order valence-corrected chi connectivity index (χ1v) is 4.61. The summed E-state index contributed by atoms with van der Waals surface area (Å²) < 4.78 is 1.01. The number of nitrogens with zero attached hydrogens (tertiary/aromatic N) is 1. The molecule has 0 unspecified atom stereocenters. The molecule has 1 aromatic rings. The van der Waals surface area contributed by atoms with Crippen molar-refractivity contribution in [3.63, 3.8) is 0 Å². The van der Waals surface area contributed by atoms with Gasteiger partial charge in [-0.1, -0.05) is 22.5 Å². The van der Waals surface area contributed by atoms with Crippen molar-refractivity contribution in [3.05, 3.63) is 34.8 Å². The molecule has 1 aromatic carbocycles. The maximum Gasteiger partial charge on any atom is 0.0644 e. The standard InChI is InChI=1S/C10H11BrN2/c1-7(12-2)9-6-8(11)4-5-10(9)13-3/h4-6,13H,1-2H2,3H3. The summed E-state index contributed by atoms with van der Waals surface area (Å²) in [6.07, 6.45) is 0. The van der Waals surface area contributed by atoms with Gasteiger partial charge in [-0.15, -0.1) is 0 Å². The highest BCUT2D eigenvalue weighted by atomic mass is 79.9. The lowest BCUT2D eigenvalue weighted by atomic mass is 10.1. The van der Waals surface area contributed by atoms with Crippen LogP contribution < -0.4 is 5.32 Å². The van der Waals surface area contributed by atoms with Gasteiger partial charge in [0.25, 0.3) is 0 Å². The van der Waals surface area contributed by atoms with Crippen LogP contribution in [0.3, 0.4) is 0 Å². The van der Waals surface area contributed by atoms with E-state index in [9.17, 15) is 0 Å². The average molecular weight is 239 g/mol. The number of anilines is 1. The number of rotatable bonds is 3. The maximum atomic E-state index is 3.80. The van der Waals surface area contributed by atoms with Crippen molar-refractivity contribution in [2.24, 2.45) is 4.99 Å². The van der Waals surface area contributed by atoms with Crippen LogP contribution in [-0.2, 0) is 0 Å². The Kier molecular flexibility index (Phi) is 3.25. The molecular weight excluding hydrogens is 228 g/mol. The summed E-state index contributed by atoms with van der Waals surface area (Å²) in [5, 5.41) is 3.07. The average Bonchev–Trinajstić information content (AvgIpc) is 2.16. The van der Waals surface area contributed by atoms with Crippen LogP contribution in [0.4, 0.5) is 5.69 Å². The third kappa shape index (κ3) is 2.18. The lowest BCUT2D eigenvalue weighted by Crippen LogP contribution is -1.93. The van der Waals surface area contributed by atoms with Crippen molar-refractivity contribution in [2.45, 2.75) is 0 Å². The Morgan fingerprint density at radius 1 is 1.54 bits per heavy atom. The minimum atomic E-state index is 0.672. The van der Waals surface area contributed by atoms with Gasteiger partial charge in [-0.3, -0.25) is 4.99 Å². The number of hydrogen-bond donors (Lipinski definition) is 1. The molecule has 1 rings (SSSR count). The van der Waals surface area contributed by atoms with Gasteiger partial charge in [-0.2, -0.15) is 0 Å². The Balaban J connectivity index is 3.23. The zero-order chi connectivity index (χ0) is 9.84. The fourth-order valence-electron chi connectivity index (χ4n) is 1.06. The Morgan fingerprint density at radius 3 is 2.77 bits per heavy atom. The SMILES string of the molecule is C=NC(=C)c1cc(Br)ccc1NC. The highest BCUT2D eigenvalue weighted by Crippen LogP contribution is 2.26. The van der Waals surface area contributed by atoms with Crippen LogP contribution >= 0.6 is 15.9 Å². The highest BCUT2D eigenvalue weighted by Gasteiger charge is 2.03. The molecule has 0 aliphatic heterocycles. The van der Waals surface area contributed by atoms with Crippen LogP contribution in [0.5, 0.6) is 0 Å². The summed E-state index contributed by atoms with van der Waals surface area (Å²) in [4.78, 5) is 3.80. The normalized spacial score (nSPS) is 9.38. The molecule has 0 fully saturated rings. The number of aliphatic imine (C=N–C) groups is 1. The van der Waals surface area contributed by atoms with Crippen molar-refractivity contribution in [1.29, 1.82) is 0 Å². The number of halogens is 1. The third-order valence-electron chi connectivity index (χ3n) is 1.75. The van der Waals surface area contributed by atoms with Gasteiger partial charge in [-0.05, 0) is 24.9 Å². The first kappa shape index (κ1) is 9.99. The van der Waals surface area contributed by atoms with Gasteiger partial charge in [-0.25, -0.2) is 0 Å². The lowest BCUT2D eigenvalue weighted by Gasteiger charge is -2.08. The van der Waals surface area contributed by atoms with E-state index in [1.165, 1.54) is 0 Å². The van der Waals surface area contributed by atoms with E-state index in [4.69, 9.17) is 0 Å². The molecule has 0 bridgehead atoms. The molecule has 0 saturated heterocycles. The molecule has 0 atom stereocenters.